The lowest BCUT2D eigenvalue weighted by molar-refractivity contribution is -0.197. The number of aliphatic hydroxyl groups is 3. The second kappa shape index (κ2) is 23.8. The van der Waals surface area contributed by atoms with Crippen LogP contribution in [0.1, 0.15) is 56.9 Å². The Kier molecular flexibility index (Phi) is 19.8. The zero-order valence-electron chi connectivity index (χ0n) is 27.3. The Morgan fingerprint density at radius 2 is 1.33 bits per heavy atom. The number of imide groups is 1. The Balaban J connectivity index is 0.000000348. The second-order valence-corrected chi connectivity index (χ2v) is 10.5. The summed E-state index contributed by atoms with van der Waals surface area (Å²) >= 11 is 0. The van der Waals surface area contributed by atoms with Crippen LogP contribution in [0.15, 0.2) is 30.5 Å². The summed E-state index contributed by atoms with van der Waals surface area (Å²) in [6.45, 7) is 0.817. The van der Waals surface area contributed by atoms with Gasteiger partial charge in [-0.1, -0.05) is 18.2 Å². The summed E-state index contributed by atoms with van der Waals surface area (Å²) in [5.41, 5.74) is 1.90. The minimum absolute atomic E-state index is 0.0109. The smallest absolute Gasteiger partial charge is 0.333 e. The van der Waals surface area contributed by atoms with E-state index in [1.54, 1.807) is 0 Å². The number of carbonyl (C=O) groups excluding carboxylic acids is 6. The Morgan fingerprint density at radius 3 is 1.92 bits per heavy atom. The number of nitrogens with one attached hydrogen (secondary N) is 2. The Labute approximate surface area is 282 Å². The summed E-state index contributed by atoms with van der Waals surface area (Å²) in [5.74, 6) is -3.05. The predicted molar refractivity (Wildman–Crippen MR) is 169 cm³/mol. The van der Waals surface area contributed by atoms with E-state index >= 15 is 0 Å². The third-order valence-electron chi connectivity index (χ3n) is 6.61. The zero-order valence-corrected chi connectivity index (χ0v) is 27.3. The van der Waals surface area contributed by atoms with Gasteiger partial charge in [0.05, 0.1) is 39.6 Å². The topological polar surface area (TPSA) is 240 Å². The van der Waals surface area contributed by atoms with Crippen LogP contribution in [0.5, 0.6) is 0 Å². The molecule has 17 heteroatoms. The molecule has 1 aliphatic heterocycles. The van der Waals surface area contributed by atoms with Crippen molar-refractivity contribution in [1.82, 2.24) is 15.4 Å². The van der Waals surface area contributed by atoms with Crippen LogP contribution >= 0.6 is 0 Å². The first-order chi connectivity index (χ1) is 23.6. The Hall–Kier alpha value is -4.42. The lowest BCUT2D eigenvalue weighted by atomic mass is 10.1. The number of amides is 3. The number of nitrogens with zero attached hydrogens (tertiary/aromatic N) is 1. The largest absolute Gasteiger partial charge is 0.463 e. The average molecular weight is 696 g/mol. The van der Waals surface area contributed by atoms with E-state index in [4.69, 9.17) is 29.2 Å². The monoisotopic (exact) mass is 695 g/mol. The number of hydroxylamine groups is 2. The number of benzene rings is 1. The second-order valence-electron chi connectivity index (χ2n) is 10.5. The first kappa shape index (κ1) is 40.8. The minimum atomic E-state index is -0.993. The highest BCUT2D eigenvalue weighted by Gasteiger charge is 2.32. The summed E-state index contributed by atoms with van der Waals surface area (Å²) in [5, 5.41) is 31.1. The van der Waals surface area contributed by atoms with E-state index < -0.39 is 36.0 Å². The number of hydrogen-bond donors (Lipinski definition) is 5. The van der Waals surface area contributed by atoms with Crippen LogP contribution in [-0.2, 0) is 59.0 Å². The maximum Gasteiger partial charge on any atom is 0.333 e. The molecule has 1 unspecified atom stereocenters. The van der Waals surface area contributed by atoms with Gasteiger partial charge < -0.3 is 49.4 Å². The number of rotatable bonds is 22. The standard InChI is InChI=1S/C19H26N2O6.C13H19NO8/c22-8-9-26-10-11-27-19(25)7-3-6-17(23)21-18(24)12-14-13-20-16-5-2-1-4-15(14)16;15-6-7-20-8-9-21-12(18)2-1-3-13(19)22-14-10(16)4-5-11(14)17/h1-2,4-5,13,18,20,22,24H,3,6-12H2,(H,21,23);15H,1-9H2. The quantitative estimate of drug-likeness (QED) is 0.0478. The number of para-hydroxylation sites is 1. The van der Waals surface area contributed by atoms with Crippen molar-refractivity contribution in [3.63, 3.8) is 0 Å². The van der Waals surface area contributed by atoms with Crippen molar-refractivity contribution in [3.05, 3.63) is 36.0 Å². The fourth-order valence-corrected chi connectivity index (χ4v) is 4.30. The number of aliphatic hydroxyl groups excluding tert-OH is 3. The van der Waals surface area contributed by atoms with Crippen LogP contribution in [0, 0.1) is 0 Å². The van der Waals surface area contributed by atoms with E-state index in [1.807, 2.05) is 30.5 Å². The van der Waals surface area contributed by atoms with Gasteiger partial charge in [0.15, 0.2) is 0 Å². The van der Waals surface area contributed by atoms with Crippen molar-refractivity contribution >= 4 is 46.5 Å². The molecule has 1 aliphatic rings. The summed E-state index contributed by atoms with van der Waals surface area (Å²) < 4.78 is 19.6. The highest BCUT2D eigenvalue weighted by molar-refractivity contribution is 6.01. The molecule has 0 spiro atoms. The third kappa shape index (κ3) is 17.0. The van der Waals surface area contributed by atoms with E-state index in [0.29, 0.717) is 17.9 Å². The molecule has 5 N–H and O–H groups in total. The van der Waals surface area contributed by atoms with Crippen molar-refractivity contribution in [1.29, 1.82) is 0 Å². The van der Waals surface area contributed by atoms with Gasteiger partial charge >= 0.3 is 17.9 Å². The van der Waals surface area contributed by atoms with Gasteiger partial charge in [-0.05, 0) is 24.5 Å². The van der Waals surface area contributed by atoms with Crippen LogP contribution in [0.4, 0.5) is 0 Å². The lowest BCUT2D eigenvalue weighted by Gasteiger charge is -2.12. The van der Waals surface area contributed by atoms with Crippen LogP contribution < -0.4 is 5.32 Å². The van der Waals surface area contributed by atoms with Crippen molar-refractivity contribution in [3.8, 4) is 0 Å². The van der Waals surface area contributed by atoms with E-state index in [-0.39, 0.29) is 104 Å². The molecule has 0 aliphatic carbocycles. The molecule has 3 rings (SSSR count). The number of hydrogen-bond acceptors (Lipinski definition) is 14. The summed E-state index contributed by atoms with van der Waals surface area (Å²) in [7, 11) is 0. The first-order valence-electron chi connectivity index (χ1n) is 15.9. The molecule has 3 amide bonds. The van der Waals surface area contributed by atoms with Gasteiger partial charge in [0.2, 0.25) is 5.91 Å². The van der Waals surface area contributed by atoms with Crippen LogP contribution in [-0.4, -0.2) is 120 Å². The fourth-order valence-electron chi connectivity index (χ4n) is 4.30. The molecule has 0 saturated carbocycles. The fraction of sp³-hybridized carbons (Fsp3) is 0.562. The van der Waals surface area contributed by atoms with E-state index in [1.165, 1.54) is 0 Å². The summed E-state index contributed by atoms with van der Waals surface area (Å²) in [6.07, 6.45) is 1.87. The SMILES string of the molecule is O=C(CCCC(=O)OCCOCCO)NC(O)Cc1c[nH]c2ccccc12.O=C(CCCC(=O)ON1C(=O)CCC1=O)OCCOCCO. The van der Waals surface area contributed by atoms with Crippen LogP contribution in [0.25, 0.3) is 10.9 Å². The number of aromatic amines is 1. The summed E-state index contributed by atoms with van der Waals surface area (Å²) in [6, 6.07) is 7.74. The molecular formula is C32H45N3O14. The Morgan fingerprint density at radius 1 is 0.776 bits per heavy atom. The minimum Gasteiger partial charge on any atom is -0.463 e. The highest BCUT2D eigenvalue weighted by Crippen LogP contribution is 2.19. The van der Waals surface area contributed by atoms with Crippen molar-refractivity contribution in [2.75, 3.05) is 52.9 Å². The number of H-pyrrole nitrogens is 1. The van der Waals surface area contributed by atoms with Crippen molar-refractivity contribution < 1.29 is 67.9 Å². The number of esters is 2. The van der Waals surface area contributed by atoms with Gasteiger partial charge in [0, 0.05) is 62.0 Å². The maximum absolute atomic E-state index is 11.9. The number of ether oxygens (including phenoxy) is 4. The molecule has 0 radical (unpaired) electrons. The van der Waals surface area contributed by atoms with Gasteiger partial charge in [0.1, 0.15) is 19.4 Å². The van der Waals surface area contributed by atoms with Crippen molar-refractivity contribution in [2.45, 2.75) is 64.0 Å². The van der Waals surface area contributed by atoms with Gasteiger partial charge in [-0.2, -0.15) is 0 Å². The van der Waals surface area contributed by atoms with E-state index in [2.05, 4.69) is 15.1 Å². The number of fused-ring (bicyclic) bond motifs is 1. The van der Waals surface area contributed by atoms with Crippen LogP contribution in [0.2, 0.25) is 0 Å². The van der Waals surface area contributed by atoms with E-state index in [9.17, 15) is 33.9 Å². The molecule has 1 atom stereocenters. The summed E-state index contributed by atoms with van der Waals surface area (Å²) in [4.78, 5) is 76.3. The average Bonchev–Trinajstić information content (AvgIpc) is 3.62. The molecule has 2 aromatic rings. The number of aromatic nitrogens is 1. The molecule has 2 heterocycles. The molecule has 0 bridgehead atoms. The molecule has 1 aromatic carbocycles. The lowest BCUT2D eigenvalue weighted by Crippen LogP contribution is -2.36. The highest BCUT2D eigenvalue weighted by atomic mass is 16.7. The maximum atomic E-state index is 11.9. The van der Waals surface area contributed by atoms with Crippen molar-refractivity contribution in [2.24, 2.45) is 0 Å². The molecule has 1 fully saturated rings. The molecule has 1 saturated heterocycles. The molecule has 17 nitrogen and oxygen atoms in total. The van der Waals surface area contributed by atoms with Gasteiger partial charge in [0.25, 0.3) is 11.8 Å². The number of carbonyl (C=O) groups is 6. The molecule has 1 aromatic heterocycles. The Bertz CT molecular complexity index is 1330. The zero-order chi connectivity index (χ0) is 35.9. The third-order valence-corrected chi connectivity index (χ3v) is 6.61. The van der Waals surface area contributed by atoms with Gasteiger partial charge in [-0.3, -0.25) is 24.0 Å². The van der Waals surface area contributed by atoms with Gasteiger partial charge in [-0.25, -0.2) is 4.79 Å². The van der Waals surface area contributed by atoms with Crippen LogP contribution in [0.3, 0.4) is 0 Å². The molecule has 272 valence electrons. The predicted octanol–water partition coefficient (Wildman–Crippen LogP) is 0.183. The molecule has 49 heavy (non-hydrogen) atoms. The first-order valence-corrected chi connectivity index (χ1v) is 15.9. The van der Waals surface area contributed by atoms with E-state index in [0.717, 1.165) is 16.5 Å². The normalized spacial score (nSPS) is 13.1. The van der Waals surface area contributed by atoms with Gasteiger partial charge in [-0.15, -0.1) is 5.06 Å². The molecular weight excluding hydrogens is 650 g/mol.